The summed E-state index contributed by atoms with van der Waals surface area (Å²) in [6, 6.07) is 13.5. The minimum atomic E-state index is -0.870. The maximum absolute atomic E-state index is 12.7. The van der Waals surface area contributed by atoms with Gasteiger partial charge in [-0.2, -0.15) is 5.06 Å². The number of carbonyl (C=O) groups excluding carboxylic acids is 4. The largest absolute Gasteiger partial charge is 0.496 e. The van der Waals surface area contributed by atoms with Crippen LogP contribution in [0.1, 0.15) is 37.3 Å². The van der Waals surface area contributed by atoms with E-state index in [0.717, 1.165) is 16.4 Å². The first-order valence-corrected chi connectivity index (χ1v) is 11.4. The van der Waals surface area contributed by atoms with Crippen molar-refractivity contribution in [3.05, 3.63) is 64.5 Å². The number of benzene rings is 2. The third kappa shape index (κ3) is 4.41. The zero-order valence-corrected chi connectivity index (χ0v) is 20.0. The van der Waals surface area contributed by atoms with Crippen molar-refractivity contribution in [2.45, 2.75) is 6.92 Å². The number of thiophene rings is 1. The van der Waals surface area contributed by atoms with Crippen LogP contribution in [0.15, 0.2) is 48.5 Å². The van der Waals surface area contributed by atoms with E-state index in [2.05, 4.69) is 0 Å². The van der Waals surface area contributed by atoms with Gasteiger partial charge in [0, 0.05) is 4.88 Å². The van der Waals surface area contributed by atoms with Gasteiger partial charge in [-0.1, -0.05) is 12.1 Å². The van der Waals surface area contributed by atoms with Crippen molar-refractivity contribution in [3.8, 4) is 21.9 Å². The fraction of sp³-hybridized carbons (Fsp3) is 0.200. The number of anilines is 1. The molecule has 0 bridgehead atoms. The first kappa shape index (κ1) is 24.1. The van der Waals surface area contributed by atoms with Gasteiger partial charge in [0.05, 0.1) is 32.0 Å². The van der Waals surface area contributed by atoms with Crippen LogP contribution in [0.25, 0.3) is 10.4 Å². The van der Waals surface area contributed by atoms with E-state index in [9.17, 15) is 19.2 Å². The summed E-state index contributed by atoms with van der Waals surface area (Å²) in [5.41, 5.74) is 1.19. The lowest BCUT2D eigenvalue weighted by molar-refractivity contribution is -0.120. The van der Waals surface area contributed by atoms with Gasteiger partial charge in [-0.05, 0) is 48.9 Å². The van der Waals surface area contributed by atoms with Crippen LogP contribution in [0.5, 0.6) is 11.5 Å². The number of nitrogens with zero attached hydrogens (tertiary/aromatic N) is 1. The van der Waals surface area contributed by atoms with Crippen LogP contribution >= 0.6 is 11.3 Å². The molecule has 180 valence electrons. The number of hydrogen-bond acceptors (Lipinski definition) is 9. The second-order valence-corrected chi connectivity index (χ2v) is 8.28. The maximum atomic E-state index is 12.7. The Kier molecular flexibility index (Phi) is 6.94. The SMILES string of the molecule is CCON1C(=O)C(=O)c2c(-c3ccc(OCC(=O)c4ccccc4OC)cc3)sc(C(=O)OC)c21. The summed E-state index contributed by atoms with van der Waals surface area (Å²) < 4.78 is 15.7. The smallest absolute Gasteiger partial charge is 0.350 e. The first-order valence-electron chi connectivity index (χ1n) is 10.6. The number of Topliss-reactive ketones (excluding diaryl/α,β-unsaturated/α-hetero) is 2. The summed E-state index contributed by atoms with van der Waals surface area (Å²) in [6.07, 6.45) is 0. The first-order chi connectivity index (χ1) is 16.9. The molecule has 0 atom stereocenters. The van der Waals surface area contributed by atoms with Crippen molar-refractivity contribution < 1.29 is 38.2 Å². The van der Waals surface area contributed by atoms with E-state index in [4.69, 9.17) is 19.0 Å². The number of fused-ring (bicyclic) bond motifs is 1. The molecule has 1 amide bonds. The van der Waals surface area contributed by atoms with Crippen molar-refractivity contribution in [2.24, 2.45) is 0 Å². The van der Waals surface area contributed by atoms with Crippen molar-refractivity contribution >= 4 is 40.5 Å². The number of ketones is 2. The van der Waals surface area contributed by atoms with E-state index in [1.807, 2.05) is 0 Å². The molecule has 0 spiro atoms. The number of esters is 1. The second kappa shape index (κ2) is 10.1. The minimum absolute atomic E-state index is 0.0906. The third-order valence-electron chi connectivity index (χ3n) is 5.21. The van der Waals surface area contributed by atoms with E-state index >= 15 is 0 Å². The van der Waals surface area contributed by atoms with E-state index in [1.165, 1.54) is 14.2 Å². The second-order valence-electron chi connectivity index (χ2n) is 7.26. The van der Waals surface area contributed by atoms with Crippen molar-refractivity contribution in [2.75, 3.05) is 32.5 Å². The Morgan fingerprint density at radius 1 is 1.00 bits per heavy atom. The summed E-state index contributed by atoms with van der Waals surface area (Å²) in [4.78, 5) is 56.0. The number of methoxy groups -OCH3 is 2. The Morgan fingerprint density at radius 3 is 2.37 bits per heavy atom. The van der Waals surface area contributed by atoms with Crippen molar-refractivity contribution in [3.63, 3.8) is 0 Å². The van der Waals surface area contributed by atoms with Gasteiger partial charge in [0.2, 0.25) is 5.78 Å². The number of rotatable bonds is 9. The van der Waals surface area contributed by atoms with Gasteiger partial charge in [-0.15, -0.1) is 11.3 Å². The molecule has 2 aromatic carbocycles. The van der Waals surface area contributed by atoms with Crippen LogP contribution in [0, 0.1) is 0 Å². The van der Waals surface area contributed by atoms with Gasteiger partial charge in [0.15, 0.2) is 6.61 Å². The van der Waals surface area contributed by atoms with Crippen molar-refractivity contribution in [1.29, 1.82) is 0 Å². The molecule has 0 radical (unpaired) electrons. The van der Waals surface area contributed by atoms with Crippen LogP contribution in [0.4, 0.5) is 5.69 Å². The van der Waals surface area contributed by atoms with E-state index < -0.39 is 17.7 Å². The highest BCUT2D eigenvalue weighted by molar-refractivity contribution is 7.18. The summed E-state index contributed by atoms with van der Waals surface area (Å²) in [7, 11) is 2.71. The number of ether oxygens (including phenoxy) is 3. The van der Waals surface area contributed by atoms with Gasteiger partial charge in [-0.25, -0.2) is 4.79 Å². The molecular formula is C25H21NO8S. The van der Waals surface area contributed by atoms with Crippen molar-refractivity contribution in [1.82, 2.24) is 0 Å². The summed E-state index contributed by atoms with van der Waals surface area (Å²) in [5.74, 6) is -1.67. The summed E-state index contributed by atoms with van der Waals surface area (Å²) in [5, 5.41) is 0.852. The quantitative estimate of drug-likeness (QED) is 0.249. The normalized spacial score (nSPS) is 12.5. The lowest BCUT2D eigenvalue weighted by atomic mass is 10.1. The molecule has 1 aliphatic heterocycles. The average molecular weight is 496 g/mol. The topological polar surface area (TPSA) is 108 Å². The van der Waals surface area contributed by atoms with Crippen LogP contribution in [-0.2, 0) is 14.4 Å². The molecule has 10 heteroatoms. The molecule has 0 unspecified atom stereocenters. The van der Waals surface area contributed by atoms with Gasteiger partial charge in [0.1, 0.15) is 22.1 Å². The van der Waals surface area contributed by atoms with Crippen LogP contribution in [0.3, 0.4) is 0 Å². The predicted octanol–water partition coefficient (Wildman–Crippen LogP) is 3.95. The fourth-order valence-corrected chi connectivity index (χ4v) is 4.82. The number of carbonyl (C=O) groups is 4. The minimum Gasteiger partial charge on any atom is -0.496 e. The van der Waals surface area contributed by atoms with Crippen LogP contribution in [0.2, 0.25) is 0 Å². The highest BCUT2D eigenvalue weighted by Gasteiger charge is 2.44. The Morgan fingerprint density at radius 2 is 1.71 bits per heavy atom. The Balaban J connectivity index is 1.60. The number of hydrogen-bond donors (Lipinski definition) is 0. The molecule has 1 aromatic heterocycles. The van der Waals surface area contributed by atoms with Gasteiger partial charge in [-0.3, -0.25) is 19.2 Å². The third-order valence-corrected chi connectivity index (χ3v) is 6.42. The lowest BCUT2D eigenvalue weighted by Gasteiger charge is -2.14. The molecule has 0 N–H and O–H groups in total. The van der Waals surface area contributed by atoms with Crippen LogP contribution < -0.4 is 14.5 Å². The van der Waals surface area contributed by atoms with Gasteiger partial charge < -0.3 is 14.2 Å². The highest BCUT2D eigenvalue weighted by atomic mass is 32.1. The molecule has 3 aromatic rings. The molecule has 35 heavy (non-hydrogen) atoms. The zero-order chi connectivity index (χ0) is 25.1. The molecular weight excluding hydrogens is 474 g/mol. The van der Waals surface area contributed by atoms with E-state index in [0.29, 0.717) is 27.5 Å². The van der Waals surface area contributed by atoms with Gasteiger partial charge >= 0.3 is 11.9 Å². The number of para-hydroxylation sites is 1. The fourth-order valence-electron chi connectivity index (χ4n) is 3.62. The summed E-state index contributed by atoms with van der Waals surface area (Å²) >= 11 is 1.03. The predicted molar refractivity (Wildman–Crippen MR) is 127 cm³/mol. The monoisotopic (exact) mass is 495 g/mol. The van der Waals surface area contributed by atoms with Crippen LogP contribution in [-0.4, -0.2) is 50.9 Å². The van der Waals surface area contributed by atoms with E-state index in [1.54, 1.807) is 55.5 Å². The molecule has 2 heterocycles. The van der Waals surface area contributed by atoms with E-state index in [-0.39, 0.29) is 35.1 Å². The standard InChI is InChI=1S/C25H21NO8S/c1-4-34-26-20-19(21(28)24(26)29)22(35-23(20)25(30)32-3)14-9-11-15(12-10-14)33-13-17(27)16-7-5-6-8-18(16)31-2/h5-12H,4,13H2,1-3H3. The number of hydroxylamine groups is 1. The number of amides is 1. The Hall–Kier alpha value is -4.02. The van der Waals surface area contributed by atoms with Gasteiger partial charge in [0.25, 0.3) is 5.78 Å². The molecule has 1 aliphatic rings. The highest BCUT2D eigenvalue weighted by Crippen LogP contribution is 2.46. The molecule has 0 fully saturated rings. The molecule has 0 saturated heterocycles. The summed E-state index contributed by atoms with van der Waals surface area (Å²) in [6.45, 7) is 1.60. The molecule has 0 aliphatic carbocycles. The average Bonchev–Trinajstić information content (AvgIpc) is 3.39. The molecule has 0 saturated carbocycles. The lowest BCUT2D eigenvalue weighted by Crippen LogP contribution is -2.30. The molecule has 4 rings (SSSR count). The Labute approximate surface area is 204 Å². The molecule has 9 nitrogen and oxygen atoms in total. The Bertz CT molecular complexity index is 1310. The zero-order valence-electron chi connectivity index (χ0n) is 19.2. The maximum Gasteiger partial charge on any atom is 0.350 e.